The second kappa shape index (κ2) is 21.8. The minimum absolute atomic E-state index is 0.887. The van der Waals surface area contributed by atoms with Crippen LogP contribution in [0.3, 0.4) is 0 Å². The van der Waals surface area contributed by atoms with Crippen LogP contribution in [0.2, 0.25) is 0 Å². The highest BCUT2D eigenvalue weighted by molar-refractivity contribution is 8.49. The molecule has 0 aromatic carbocycles. The first-order valence-electron chi connectivity index (χ1n) is 19.9. The summed E-state index contributed by atoms with van der Waals surface area (Å²) in [6.07, 6.45) is 25.9. The zero-order valence-corrected chi connectivity index (χ0v) is 38.1. The number of fused-ring (bicyclic) bond motifs is 3. The molecule has 3 aliphatic heterocycles. The van der Waals surface area contributed by atoms with Crippen LogP contribution >= 0.6 is 94.1 Å². The van der Waals surface area contributed by atoms with E-state index in [1.54, 1.807) is 8.47 Å². The Morgan fingerprint density at radius 3 is 1.54 bits per heavy atom. The third kappa shape index (κ3) is 10.8. The molecule has 6 heterocycles. The smallest absolute Gasteiger partial charge is 0.0979 e. The highest BCUT2D eigenvalue weighted by atomic mass is 32.3. The Morgan fingerprint density at radius 1 is 0.444 bits per heavy atom. The molecule has 0 amide bonds. The fraction of sp³-hybridized carbons (Fsp3) is 0.465. The highest BCUT2D eigenvalue weighted by Crippen LogP contribution is 2.72. The molecule has 3 aromatic rings. The number of unbranched alkanes of at least 4 members (excludes halogenated alkanes) is 14. The Balaban J connectivity index is 0.978. The zero-order valence-electron chi connectivity index (χ0n) is 31.5. The summed E-state index contributed by atoms with van der Waals surface area (Å²) in [4.78, 5) is 14.5. The second-order valence-electron chi connectivity index (χ2n) is 13.9. The first kappa shape index (κ1) is 41.4. The van der Waals surface area contributed by atoms with Crippen LogP contribution in [0.15, 0.2) is 84.5 Å². The maximum Gasteiger partial charge on any atom is 0.0979 e. The summed E-state index contributed by atoms with van der Waals surface area (Å²) >= 11 is 16.3. The van der Waals surface area contributed by atoms with E-state index in [9.17, 15) is 0 Å². The molecule has 0 spiro atoms. The zero-order chi connectivity index (χ0) is 37.0. The molecule has 7 rings (SSSR count). The van der Waals surface area contributed by atoms with E-state index in [1.165, 1.54) is 152 Å². The molecule has 0 saturated carbocycles. The lowest BCUT2D eigenvalue weighted by Crippen LogP contribution is -1.91. The van der Waals surface area contributed by atoms with Gasteiger partial charge in [0, 0.05) is 29.1 Å². The number of thioether (sulfide) groups is 8. The summed E-state index contributed by atoms with van der Waals surface area (Å²) in [5, 5.41) is 0. The normalized spacial score (nSPS) is 16.3. The standard InChI is InChI=1S/C43H51N3S8/c1-3-5-7-9-11-13-15-19-28-47-38-39(48-29-20-16-14-12-10-8-6-4-2)52-42(51-38)43-53-40-41(54-43)50-37(49-40)34-30-22-21-27-45-35(30)36-31(34)24-25-33(46-36)32-23-17-18-26-44-32/h17-18,21-27H,3-16,19-20,28-29H2,1-2H3. The van der Waals surface area contributed by atoms with Gasteiger partial charge in [-0.05, 0) is 54.7 Å². The average Bonchev–Trinajstić information content (AvgIpc) is 3.97. The molecule has 0 N–H and O–H groups in total. The van der Waals surface area contributed by atoms with Gasteiger partial charge < -0.3 is 0 Å². The van der Waals surface area contributed by atoms with Gasteiger partial charge in [0.05, 0.1) is 52.4 Å². The average molecular weight is 866 g/mol. The predicted octanol–water partition coefficient (Wildman–Crippen LogP) is 16.8. The number of hydrogen-bond acceptors (Lipinski definition) is 11. The van der Waals surface area contributed by atoms with Gasteiger partial charge >= 0.3 is 0 Å². The highest BCUT2D eigenvalue weighted by Gasteiger charge is 2.38. The molecule has 3 nitrogen and oxygen atoms in total. The van der Waals surface area contributed by atoms with E-state index in [0.717, 1.165) is 22.8 Å². The fourth-order valence-corrected chi connectivity index (χ4v) is 19.5. The molecule has 0 atom stereocenters. The monoisotopic (exact) mass is 865 g/mol. The van der Waals surface area contributed by atoms with Crippen LogP contribution in [0.25, 0.3) is 28.3 Å². The molecule has 0 saturated heterocycles. The SMILES string of the molecule is CCCCCCCCCCSC1=C(SCCCCCCCCCC)SC(=C2SC3=C(S2)SC(=C2c4cccnc4-c4nc(-c5ccccn5)ccc42)S3)S1. The largest absolute Gasteiger partial charge is 0.255 e. The molecule has 286 valence electrons. The lowest BCUT2D eigenvalue weighted by molar-refractivity contribution is 0.586. The van der Waals surface area contributed by atoms with Crippen molar-refractivity contribution in [3.63, 3.8) is 0 Å². The lowest BCUT2D eigenvalue weighted by Gasteiger charge is -2.10. The quantitative estimate of drug-likeness (QED) is 0.0752. The summed E-state index contributed by atoms with van der Waals surface area (Å²) < 4.78 is 10.3. The first-order valence-corrected chi connectivity index (χ1v) is 26.8. The Kier molecular flexibility index (Phi) is 16.7. The molecule has 0 unspecified atom stereocenters. The molecule has 3 aromatic heterocycles. The second-order valence-corrected chi connectivity index (χ2v) is 24.0. The number of rotatable bonds is 21. The van der Waals surface area contributed by atoms with Gasteiger partial charge in [-0.25, -0.2) is 4.98 Å². The topological polar surface area (TPSA) is 38.7 Å². The van der Waals surface area contributed by atoms with Crippen LogP contribution in [0.1, 0.15) is 128 Å². The lowest BCUT2D eigenvalue weighted by atomic mass is 10.1. The van der Waals surface area contributed by atoms with Crippen molar-refractivity contribution in [1.29, 1.82) is 0 Å². The molecule has 1 aliphatic carbocycles. The van der Waals surface area contributed by atoms with E-state index in [2.05, 4.69) is 90.1 Å². The van der Waals surface area contributed by atoms with Crippen molar-refractivity contribution < 1.29 is 0 Å². The Morgan fingerprint density at radius 2 is 0.963 bits per heavy atom. The van der Waals surface area contributed by atoms with Gasteiger partial charge in [0.1, 0.15) is 0 Å². The molecule has 11 heteroatoms. The van der Waals surface area contributed by atoms with E-state index in [0.29, 0.717) is 0 Å². The van der Waals surface area contributed by atoms with Crippen molar-refractivity contribution in [3.8, 4) is 22.8 Å². The van der Waals surface area contributed by atoms with Crippen molar-refractivity contribution in [2.75, 3.05) is 11.5 Å². The van der Waals surface area contributed by atoms with Gasteiger partial charge in [-0.2, -0.15) is 0 Å². The summed E-state index contributed by atoms with van der Waals surface area (Å²) in [6, 6.07) is 14.6. The van der Waals surface area contributed by atoms with E-state index in [4.69, 9.17) is 9.97 Å². The van der Waals surface area contributed by atoms with Gasteiger partial charge in [-0.1, -0.05) is 186 Å². The Bertz CT molecular complexity index is 1810. The fourth-order valence-electron chi connectivity index (χ4n) is 6.77. The minimum atomic E-state index is 0.887. The molecule has 0 bridgehead atoms. The third-order valence-electron chi connectivity index (χ3n) is 9.67. The van der Waals surface area contributed by atoms with Gasteiger partial charge in [0.2, 0.25) is 0 Å². The summed E-state index contributed by atoms with van der Waals surface area (Å²) in [6.45, 7) is 4.61. The number of nitrogens with zero attached hydrogens (tertiary/aromatic N) is 3. The van der Waals surface area contributed by atoms with Crippen LogP contribution in [-0.4, -0.2) is 26.5 Å². The van der Waals surface area contributed by atoms with Crippen LogP contribution in [-0.2, 0) is 0 Å². The van der Waals surface area contributed by atoms with Crippen molar-refractivity contribution in [2.45, 2.75) is 117 Å². The van der Waals surface area contributed by atoms with Crippen molar-refractivity contribution >= 4 is 99.7 Å². The van der Waals surface area contributed by atoms with Crippen molar-refractivity contribution in [1.82, 2.24) is 15.0 Å². The summed E-state index contributed by atoms with van der Waals surface area (Å²) in [5.74, 6) is 2.49. The van der Waals surface area contributed by atoms with Crippen molar-refractivity contribution in [3.05, 3.63) is 95.6 Å². The molecule has 54 heavy (non-hydrogen) atoms. The maximum absolute atomic E-state index is 5.11. The van der Waals surface area contributed by atoms with Gasteiger partial charge in [0.15, 0.2) is 0 Å². The van der Waals surface area contributed by atoms with Crippen molar-refractivity contribution in [2.24, 2.45) is 0 Å². The van der Waals surface area contributed by atoms with Crippen LogP contribution < -0.4 is 0 Å². The minimum Gasteiger partial charge on any atom is -0.255 e. The van der Waals surface area contributed by atoms with E-state index in [1.807, 2.05) is 77.6 Å². The van der Waals surface area contributed by atoms with Gasteiger partial charge in [-0.3, -0.25) is 9.97 Å². The summed E-state index contributed by atoms with van der Waals surface area (Å²) in [5.41, 5.74) is 7.35. The predicted molar refractivity (Wildman–Crippen MR) is 253 cm³/mol. The number of aromatic nitrogens is 3. The molecule has 0 fully saturated rings. The Hall–Kier alpha value is -0.790. The van der Waals surface area contributed by atoms with Gasteiger partial charge in [-0.15, -0.1) is 23.5 Å². The van der Waals surface area contributed by atoms with E-state index in [-0.39, 0.29) is 0 Å². The van der Waals surface area contributed by atoms with Crippen LogP contribution in [0, 0.1) is 0 Å². The Labute approximate surface area is 358 Å². The number of hydrogen-bond donors (Lipinski definition) is 0. The first-order chi connectivity index (χ1) is 26.7. The summed E-state index contributed by atoms with van der Waals surface area (Å²) in [7, 11) is 0. The van der Waals surface area contributed by atoms with E-state index >= 15 is 0 Å². The molecule has 0 radical (unpaired) electrons. The molecular formula is C43H51N3S8. The van der Waals surface area contributed by atoms with Crippen LogP contribution in [0.4, 0.5) is 0 Å². The van der Waals surface area contributed by atoms with E-state index < -0.39 is 0 Å². The molecule has 4 aliphatic rings. The number of pyridine rings is 3. The maximum atomic E-state index is 5.11. The van der Waals surface area contributed by atoms with Gasteiger partial charge in [0.25, 0.3) is 0 Å². The molecular weight excluding hydrogens is 815 g/mol. The third-order valence-corrected chi connectivity index (χ3v) is 21.5. The van der Waals surface area contributed by atoms with Crippen LogP contribution in [0.5, 0.6) is 0 Å².